The highest BCUT2D eigenvalue weighted by Gasteiger charge is 2.13. The molecule has 0 saturated heterocycles. The molecule has 0 aromatic heterocycles. The van der Waals surface area contributed by atoms with Gasteiger partial charge in [-0.05, 0) is 44.2 Å². The molecular weight excluding hydrogens is 297 g/mol. The minimum absolute atomic E-state index is 0.109. The lowest BCUT2D eigenvalue weighted by molar-refractivity contribution is 0.0926. The van der Waals surface area contributed by atoms with E-state index in [2.05, 4.69) is 5.32 Å². The van der Waals surface area contributed by atoms with Crippen LogP contribution < -0.4 is 14.8 Å². The van der Waals surface area contributed by atoms with Gasteiger partial charge >= 0.3 is 0 Å². The second-order valence-corrected chi connectivity index (χ2v) is 5.35. The number of benzene rings is 2. The number of carbonyl (C=O) groups excluding carboxylic acids is 1. The van der Waals surface area contributed by atoms with E-state index in [0.717, 1.165) is 17.4 Å². The van der Waals surface area contributed by atoms with Crippen LogP contribution in [0.15, 0.2) is 42.5 Å². The maximum Gasteiger partial charge on any atom is 0.251 e. The topological polar surface area (TPSA) is 47.6 Å². The lowest BCUT2D eigenvalue weighted by atomic mass is 10.2. The summed E-state index contributed by atoms with van der Waals surface area (Å²) in [6.07, 6.45) is 0. The average molecular weight is 317 g/mol. The van der Waals surface area contributed by atoms with E-state index in [1.54, 1.807) is 0 Å². The van der Waals surface area contributed by atoms with Gasteiger partial charge in [0.15, 0.2) is 11.6 Å². The first-order chi connectivity index (χ1) is 11.0. The molecule has 1 atom stereocenters. The van der Waals surface area contributed by atoms with E-state index in [4.69, 9.17) is 9.47 Å². The van der Waals surface area contributed by atoms with Gasteiger partial charge in [0.1, 0.15) is 12.4 Å². The van der Waals surface area contributed by atoms with Crippen LogP contribution in [0.4, 0.5) is 4.39 Å². The molecule has 0 fully saturated rings. The maximum absolute atomic E-state index is 13.6. The number of hydrogen-bond donors (Lipinski definition) is 1. The Kier molecular flexibility index (Phi) is 5.57. The smallest absolute Gasteiger partial charge is 0.251 e. The van der Waals surface area contributed by atoms with Gasteiger partial charge in [0, 0.05) is 5.56 Å². The summed E-state index contributed by atoms with van der Waals surface area (Å²) in [5, 5.41) is 2.77. The molecule has 0 unspecified atom stereocenters. The molecule has 0 radical (unpaired) electrons. The molecule has 0 aliphatic rings. The SMILES string of the molecule is COc1ccc(C(=O)N[C@H](C)COc2ccc(C)cc2)cc1F. The first-order valence-electron chi connectivity index (χ1n) is 7.33. The van der Waals surface area contributed by atoms with Crippen LogP contribution in [0.3, 0.4) is 0 Å². The van der Waals surface area contributed by atoms with Gasteiger partial charge in [-0.3, -0.25) is 4.79 Å². The summed E-state index contributed by atoms with van der Waals surface area (Å²) in [4.78, 5) is 12.1. The molecule has 1 N–H and O–H groups in total. The fourth-order valence-electron chi connectivity index (χ4n) is 2.01. The minimum atomic E-state index is -0.566. The summed E-state index contributed by atoms with van der Waals surface area (Å²) in [6, 6.07) is 11.6. The lowest BCUT2D eigenvalue weighted by Gasteiger charge is -2.15. The molecule has 0 aliphatic carbocycles. The quantitative estimate of drug-likeness (QED) is 0.889. The van der Waals surface area contributed by atoms with Crippen molar-refractivity contribution in [2.45, 2.75) is 19.9 Å². The predicted octanol–water partition coefficient (Wildman–Crippen LogP) is 3.34. The molecule has 0 spiro atoms. The molecular formula is C18H20FNO3. The van der Waals surface area contributed by atoms with Crippen molar-refractivity contribution in [1.82, 2.24) is 5.32 Å². The van der Waals surface area contributed by atoms with Crippen LogP contribution >= 0.6 is 0 Å². The van der Waals surface area contributed by atoms with E-state index < -0.39 is 5.82 Å². The Morgan fingerprint density at radius 1 is 1.22 bits per heavy atom. The highest BCUT2D eigenvalue weighted by Crippen LogP contribution is 2.17. The first kappa shape index (κ1) is 16.8. The van der Waals surface area contributed by atoms with Crippen molar-refractivity contribution in [2.24, 2.45) is 0 Å². The zero-order chi connectivity index (χ0) is 16.8. The fraction of sp³-hybridized carbons (Fsp3) is 0.278. The van der Waals surface area contributed by atoms with Gasteiger partial charge in [0.2, 0.25) is 0 Å². The summed E-state index contributed by atoms with van der Waals surface area (Å²) >= 11 is 0. The summed E-state index contributed by atoms with van der Waals surface area (Å²) < 4.78 is 24.1. The predicted molar refractivity (Wildman–Crippen MR) is 86.6 cm³/mol. The van der Waals surface area contributed by atoms with E-state index >= 15 is 0 Å². The molecule has 0 bridgehead atoms. The van der Waals surface area contributed by atoms with Crippen LogP contribution in [-0.4, -0.2) is 25.7 Å². The Balaban J connectivity index is 1.89. The minimum Gasteiger partial charge on any atom is -0.494 e. The average Bonchev–Trinajstić information content (AvgIpc) is 2.54. The molecule has 0 heterocycles. The molecule has 2 rings (SSSR count). The van der Waals surface area contributed by atoms with Gasteiger partial charge in [-0.15, -0.1) is 0 Å². The second kappa shape index (κ2) is 7.63. The van der Waals surface area contributed by atoms with Gasteiger partial charge < -0.3 is 14.8 Å². The van der Waals surface area contributed by atoms with Gasteiger partial charge in [-0.1, -0.05) is 17.7 Å². The standard InChI is InChI=1S/C18H20FNO3/c1-12-4-7-15(8-5-12)23-11-13(2)20-18(21)14-6-9-17(22-3)16(19)10-14/h4-10,13H,11H2,1-3H3,(H,20,21)/t13-/m1/s1. The van der Waals surface area contributed by atoms with E-state index in [0.29, 0.717) is 6.61 Å². The maximum atomic E-state index is 13.6. The van der Waals surface area contributed by atoms with Gasteiger partial charge in [-0.2, -0.15) is 0 Å². The van der Waals surface area contributed by atoms with Crippen molar-refractivity contribution in [3.63, 3.8) is 0 Å². The Morgan fingerprint density at radius 3 is 2.52 bits per heavy atom. The van der Waals surface area contributed by atoms with E-state index in [-0.39, 0.29) is 23.3 Å². The molecule has 0 aliphatic heterocycles. The molecule has 5 heteroatoms. The van der Waals surface area contributed by atoms with Crippen molar-refractivity contribution >= 4 is 5.91 Å². The Morgan fingerprint density at radius 2 is 1.91 bits per heavy atom. The largest absolute Gasteiger partial charge is 0.494 e. The van der Waals surface area contributed by atoms with E-state index in [9.17, 15) is 9.18 Å². The number of aryl methyl sites for hydroxylation is 1. The van der Waals surface area contributed by atoms with Crippen molar-refractivity contribution in [2.75, 3.05) is 13.7 Å². The van der Waals surface area contributed by atoms with Crippen LogP contribution in [-0.2, 0) is 0 Å². The number of hydrogen-bond acceptors (Lipinski definition) is 3. The van der Waals surface area contributed by atoms with Crippen LogP contribution in [0.1, 0.15) is 22.8 Å². The number of carbonyl (C=O) groups is 1. The van der Waals surface area contributed by atoms with Crippen LogP contribution in [0.25, 0.3) is 0 Å². The normalized spacial score (nSPS) is 11.7. The third-order valence-corrected chi connectivity index (χ3v) is 3.31. The van der Waals surface area contributed by atoms with Crippen molar-refractivity contribution < 1.29 is 18.7 Å². The third kappa shape index (κ3) is 4.71. The summed E-state index contributed by atoms with van der Waals surface area (Å²) in [6.45, 7) is 4.15. The summed E-state index contributed by atoms with van der Waals surface area (Å²) in [5.41, 5.74) is 1.39. The molecule has 4 nitrogen and oxygen atoms in total. The molecule has 0 saturated carbocycles. The Bertz CT molecular complexity index is 670. The fourth-order valence-corrected chi connectivity index (χ4v) is 2.01. The zero-order valence-corrected chi connectivity index (χ0v) is 13.4. The zero-order valence-electron chi connectivity index (χ0n) is 13.4. The monoisotopic (exact) mass is 317 g/mol. The van der Waals surface area contributed by atoms with Crippen molar-refractivity contribution in [3.8, 4) is 11.5 Å². The van der Waals surface area contributed by atoms with E-state index in [1.807, 2.05) is 38.1 Å². The van der Waals surface area contributed by atoms with Gasteiger partial charge in [-0.25, -0.2) is 4.39 Å². The molecule has 23 heavy (non-hydrogen) atoms. The van der Waals surface area contributed by atoms with Crippen LogP contribution in [0.2, 0.25) is 0 Å². The lowest BCUT2D eigenvalue weighted by Crippen LogP contribution is -2.36. The van der Waals surface area contributed by atoms with Crippen LogP contribution in [0.5, 0.6) is 11.5 Å². The number of rotatable bonds is 6. The first-order valence-corrected chi connectivity index (χ1v) is 7.33. The van der Waals surface area contributed by atoms with Gasteiger partial charge in [0.05, 0.1) is 13.2 Å². The van der Waals surface area contributed by atoms with Gasteiger partial charge in [0.25, 0.3) is 5.91 Å². The molecule has 122 valence electrons. The van der Waals surface area contributed by atoms with Crippen molar-refractivity contribution in [1.29, 1.82) is 0 Å². The number of methoxy groups -OCH3 is 1. The highest BCUT2D eigenvalue weighted by molar-refractivity contribution is 5.94. The number of halogens is 1. The summed E-state index contributed by atoms with van der Waals surface area (Å²) in [5.74, 6) is -0.0697. The van der Waals surface area contributed by atoms with Crippen LogP contribution in [0, 0.1) is 12.7 Å². The number of ether oxygens (including phenoxy) is 2. The van der Waals surface area contributed by atoms with E-state index in [1.165, 1.54) is 19.2 Å². The molecule has 2 aromatic rings. The Labute approximate surface area is 135 Å². The molecule has 1 amide bonds. The van der Waals surface area contributed by atoms with Crippen molar-refractivity contribution in [3.05, 3.63) is 59.4 Å². The third-order valence-electron chi connectivity index (χ3n) is 3.31. The Hall–Kier alpha value is -2.56. The summed E-state index contributed by atoms with van der Waals surface area (Å²) in [7, 11) is 1.38. The number of nitrogens with one attached hydrogen (secondary N) is 1. The highest BCUT2D eigenvalue weighted by atomic mass is 19.1. The second-order valence-electron chi connectivity index (χ2n) is 5.35. The number of amides is 1. The molecule has 2 aromatic carbocycles.